The lowest BCUT2D eigenvalue weighted by Gasteiger charge is -2.12. The quantitative estimate of drug-likeness (QED) is 0.432. The Kier molecular flexibility index (Phi) is 4.82. The smallest absolute Gasteiger partial charge is 0.165 e. The lowest BCUT2D eigenvalue weighted by atomic mass is 10.0. The molecule has 1 aliphatic heterocycles. The number of nitrogens with one attached hydrogen (secondary N) is 1. The summed E-state index contributed by atoms with van der Waals surface area (Å²) in [4.78, 5) is 18.1. The molecule has 0 radical (unpaired) electrons. The summed E-state index contributed by atoms with van der Waals surface area (Å²) in [6.07, 6.45) is 2.22. The highest BCUT2D eigenvalue weighted by Crippen LogP contribution is 2.36. The van der Waals surface area contributed by atoms with Crippen LogP contribution in [-0.2, 0) is 0 Å². The molecule has 1 unspecified atom stereocenters. The summed E-state index contributed by atoms with van der Waals surface area (Å²) in [6, 6.07) is 12.6. The highest BCUT2D eigenvalue weighted by Gasteiger charge is 2.29. The Labute approximate surface area is 181 Å². The molecule has 0 aliphatic carbocycles. The van der Waals surface area contributed by atoms with Gasteiger partial charge in [-0.25, -0.2) is 23.7 Å². The SMILES string of the molecule is CCC1N=C(Nc2nc(-c3ccccc3Cl)nc3ncccc23)c2cc(F)cc(F)c21. The number of rotatable bonds is 3. The fraction of sp³-hybridized carbons (Fsp3) is 0.130. The first kappa shape index (κ1) is 19.5. The molecule has 154 valence electrons. The zero-order valence-corrected chi connectivity index (χ0v) is 17.2. The molecule has 1 aliphatic rings. The number of hydrogen-bond donors (Lipinski definition) is 1. The lowest BCUT2D eigenvalue weighted by molar-refractivity contribution is 0.556. The molecule has 0 saturated heterocycles. The van der Waals surface area contributed by atoms with Crippen LogP contribution in [-0.4, -0.2) is 20.8 Å². The predicted molar refractivity (Wildman–Crippen MR) is 117 cm³/mol. The molecule has 1 N–H and O–H groups in total. The Balaban J connectivity index is 1.66. The van der Waals surface area contributed by atoms with Crippen molar-refractivity contribution < 1.29 is 8.78 Å². The minimum Gasteiger partial charge on any atom is -0.324 e. The number of aromatic nitrogens is 3. The van der Waals surface area contributed by atoms with E-state index in [4.69, 9.17) is 11.6 Å². The van der Waals surface area contributed by atoms with Crippen LogP contribution in [0.2, 0.25) is 5.02 Å². The minimum absolute atomic E-state index is 0.356. The Bertz CT molecular complexity index is 1360. The van der Waals surface area contributed by atoms with Gasteiger partial charge in [-0.1, -0.05) is 30.7 Å². The topological polar surface area (TPSA) is 63.1 Å². The molecule has 5 rings (SSSR count). The van der Waals surface area contributed by atoms with Crippen molar-refractivity contribution >= 4 is 34.3 Å². The van der Waals surface area contributed by atoms with E-state index in [1.54, 1.807) is 18.3 Å². The van der Waals surface area contributed by atoms with Gasteiger partial charge in [0, 0.05) is 29.0 Å². The number of aliphatic imine (C=N–C) groups is 1. The zero-order chi connectivity index (χ0) is 21.5. The van der Waals surface area contributed by atoms with Gasteiger partial charge in [0.05, 0.1) is 16.5 Å². The average Bonchev–Trinajstić information content (AvgIpc) is 3.11. The van der Waals surface area contributed by atoms with Crippen LogP contribution in [0.15, 0.2) is 59.7 Å². The second-order valence-corrected chi connectivity index (χ2v) is 7.53. The van der Waals surface area contributed by atoms with Gasteiger partial charge in [0.25, 0.3) is 0 Å². The van der Waals surface area contributed by atoms with Crippen molar-refractivity contribution in [2.45, 2.75) is 19.4 Å². The highest BCUT2D eigenvalue weighted by molar-refractivity contribution is 6.33. The molecule has 2 aromatic carbocycles. The molecule has 0 spiro atoms. The first-order chi connectivity index (χ1) is 15.0. The van der Waals surface area contributed by atoms with Gasteiger partial charge < -0.3 is 5.32 Å². The van der Waals surface area contributed by atoms with Crippen LogP contribution in [0.25, 0.3) is 22.4 Å². The number of halogens is 3. The maximum atomic E-state index is 14.5. The van der Waals surface area contributed by atoms with Crippen molar-refractivity contribution in [2.75, 3.05) is 5.32 Å². The summed E-state index contributed by atoms with van der Waals surface area (Å²) in [7, 11) is 0. The molecule has 8 heteroatoms. The van der Waals surface area contributed by atoms with Crippen LogP contribution < -0.4 is 5.32 Å². The fourth-order valence-electron chi connectivity index (χ4n) is 3.74. The van der Waals surface area contributed by atoms with Gasteiger partial charge in [-0.05, 0) is 36.8 Å². The molecule has 4 aromatic rings. The maximum absolute atomic E-state index is 14.5. The van der Waals surface area contributed by atoms with Gasteiger partial charge >= 0.3 is 0 Å². The van der Waals surface area contributed by atoms with E-state index < -0.39 is 17.7 Å². The van der Waals surface area contributed by atoms with E-state index in [9.17, 15) is 8.78 Å². The lowest BCUT2D eigenvalue weighted by Crippen LogP contribution is -2.14. The van der Waals surface area contributed by atoms with Crippen LogP contribution in [0.4, 0.5) is 14.6 Å². The molecule has 0 amide bonds. The first-order valence-corrected chi connectivity index (χ1v) is 10.1. The Morgan fingerprint density at radius 3 is 2.68 bits per heavy atom. The number of benzene rings is 2. The summed E-state index contributed by atoms with van der Waals surface area (Å²) < 4.78 is 28.5. The maximum Gasteiger partial charge on any atom is 0.165 e. The van der Waals surface area contributed by atoms with E-state index in [1.807, 2.05) is 31.2 Å². The first-order valence-electron chi connectivity index (χ1n) is 9.77. The molecular weight excluding hydrogens is 420 g/mol. The van der Waals surface area contributed by atoms with E-state index in [-0.39, 0.29) is 0 Å². The Morgan fingerprint density at radius 1 is 1.03 bits per heavy atom. The molecule has 3 heterocycles. The van der Waals surface area contributed by atoms with Gasteiger partial charge in [-0.3, -0.25) is 4.99 Å². The van der Waals surface area contributed by atoms with E-state index in [1.165, 1.54) is 6.07 Å². The van der Waals surface area contributed by atoms with E-state index in [0.717, 1.165) is 6.07 Å². The predicted octanol–water partition coefficient (Wildman–Crippen LogP) is 5.95. The fourth-order valence-corrected chi connectivity index (χ4v) is 3.96. The van der Waals surface area contributed by atoms with Crippen molar-refractivity contribution in [1.29, 1.82) is 0 Å². The number of pyridine rings is 1. The van der Waals surface area contributed by atoms with Gasteiger partial charge in [0.15, 0.2) is 11.5 Å². The van der Waals surface area contributed by atoms with Crippen molar-refractivity contribution in [2.24, 2.45) is 4.99 Å². The largest absolute Gasteiger partial charge is 0.324 e. The highest BCUT2D eigenvalue weighted by atomic mass is 35.5. The van der Waals surface area contributed by atoms with E-state index >= 15 is 0 Å². The number of hydrogen-bond acceptors (Lipinski definition) is 5. The second kappa shape index (κ2) is 7.67. The number of anilines is 1. The summed E-state index contributed by atoms with van der Waals surface area (Å²) in [5.74, 6) is -0.0919. The number of fused-ring (bicyclic) bond motifs is 2. The third kappa shape index (κ3) is 3.41. The van der Waals surface area contributed by atoms with Crippen LogP contribution in [0.5, 0.6) is 0 Å². The molecule has 0 fully saturated rings. The third-order valence-electron chi connectivity index (χ3n) is 5.18. The molecular formula is C23H16ClF2N5. The van der Waals surface area contributed by atoms with Crippen molar-refractivity contribution in [3.63, 3.8) is 0 Å². The molecule has 1 atom stereocenters. The molecule has 5 nitrogen and oxygen atoms in total. The number of amidine groups is 1. The second-order valence-electron chi connectivity index (χ2n) is 7.13. The van der Waals surface area contributed by atoms with Gasteiger partial charge in [0.2, 0.25) is 0 Å². The van der Waals surface area contributed by atoms with Crippen molar-refractivity contribution in [1.82, 2.24) is 15.0 Å². The molecule has 0 bridgehead atoms. The van der Waals surface area contributed by atoms with Crippen LogP contribution >= 0.6 is 11.6 Å². The van der Waals surface area contributed by atoms with Gasteiger partial charge in [-0.15, -0.1) is 0 Å². The molecule has 31 heavy (non-hydrogen) atoms. The van der Waals surface area contributed by atoms with E-state index in [0.29, 0.717) is 56.6 Å². The Morgan fingerprint density at radius 2 is 1.87 bits per heavy atom. The van der Waals surface area contributed by atoms with Gasteiger partial charge in [0.1, 0.15) is 23.3 Å². The number of nitrogens with zero attached hydrogens (tertiary/aromatic N) is 4. The standard InChI is InChI=1S/C23H16ClF2N5/c1-2-18-19-15(10-12(25)11-17(19)26)23(28-18)31-22-14-7-5-9-27-20(14)29-21(30-22)13-6-3-4-8-16(13)24/h3-11,18H,2H2,1H3,(H,27,28,29,30,31). The summed E-state index contributed by atoms with van der Waals surface area (Å²) in [5, 5.41) is 4.33. The molecule has 0 saturated carbocycles. The third-order valence-corrected chi connectivity index (χ3v) is 5.51. The van der Waals surface area contributed by atoms with Crippen LogP contribution in [0.3, 0.4) is 0 Å². The van der Waals surface area contributed by atoms with Crippen LogP contribution in [0.1, 0.15) is 30.5 Å². The summed E-state index contributed by atoms with van der Waals surface area (Å²) in [5.41, 5.74) is 1.89. The minimum atomic E-state index is -0.659. The average molecular weight is 436 g/mol. The zero-order valence-electron chi connectivity index (χ0n) is 16.4. The van der Waals surface area contributed by atoms with Crippen molar-refractivity contribution in [3.05, 3.63) is 82.5 Å². The Hall–Kier alpha value is -3.45. The van der Waals surface area contributed by atoms with Crippen LogP contribution in [0, 0.1) is 11.6 Å². The van der Waals surface area contributed by atoms with E-state index in [2.05, 4.69) is 25.3 Å². The van der Waals surface area contributed by atoms with Gasteiger partial charge in [-0.2, -0.15) is 0 Å². The monoisotopic (exact) mass is 435 g/mol. The summed E-state index contributed by atoms with van der Waals surface area (Å²) in [6.45, 7) is 1.91. The van der Waals surface area contributed by atoms with Crippen molar-refractivity contribution in [3.8, 4) is 11.4 Å². The summed E-state index contributed by atoms with van der Waals surface area (Å²) >= 11 is 6.34. The molecule has 2 aromatic heterocycles. The normalized spacial score (nSPS) is 15.1.